The number of hydrogen-bond acceptors (Lipinski definition) is 1. The van der Waals surface area contributed by atoms with E-state index in [1.165, 1.54) is 0 Å². The van der Waals surface area contributed by atoms with Crippen molar-refractivity contribution in [2.24, 2.45) is 0 Å². The zero-order chi connectivity index (χ0) is 11.1. The molecule has 0 bridgehead atoms. The second-order valence-corrected chi connectivity index (χ2v) is 5.06. The van der Waals surface area contributed by atoms with Crippen LogP contribution in [0.3, 0.4) is 0 Å². The molecule has 4 heteroatoms. The van der Waals surface area contributed by atoms with Gasteiger partial charge in [0.2, 0.25) is 0 Å². The van der Waals surface area contributed by atoms with Gasteiger partial charge in [0.25, 0.3) is 5.91 Å². The Labute approximate surface area is 101 Å². The largest absolute Gasteiger partial charge is 0.361 e. The molecule has 2 N–H and O–H groups in total. The van der Waals surface area contributed by atoms with Gasteiger partial charge in [-0.1, -0.05) is 15.9 Å². The average Bonchev–Trinajstić information content (AvgIpc) is 2.93. The first-order valence-electron chi connectivity index (χ1n) is 5.31. The average molecular weight is 279 g/mol. The maximum Gasteiger partial charge on any atom is 0.252 e. The van der Waals surface area contributed by atoms with Gasteiger partial charge in [-0.3, -0.25) is 4.79 Å². The number of halogens is 1. The van der Waals surface area contributed by atoms with E-state index in [2.05, 4.69) is 26.2 Å². The molecule has 0 saturated heterocycles. The fourth-order valence-electron chi connectivity index (χ4n) is 1.81. The van der Waals surface area contributed by atoms with Crippen LogP contribution >= 0.6 is 15.9 Å². The number of carbonyl (C=O) groups is 1. The molecular weight excluding hydrogens is 268 g/mol. The number of carbonyl (C=O) groups excluding carboxylic acids is 1. The lowest BCUT2D eigenvalue weighted by Gasteiger charge is -2.05. The molecule has 0 spiro atoms. The first-order valence-corrected chi connectivity index (χ1v) is 6.11. The van der Waals surface area contributed by atoms with Gasteiger partial charge < -0.3 is 10.3 Å². The van der Waals surface area contributed by atoms with Crippen molar-refractivity contribution in [2.45, 2.75) is 18.9 Å². The van der Waals surface area contributed by atoms with Crippen LogP contribution in [-0.2, 0) is 0 Å². The van der Waals surface area contributed by atoms with Crippen LogP contribution in [0.15, 0.2) is 28.9 Å². The zero-order valence-electron chi connectivity index (χ0n) is 8.59. The summed E-state index contributed by atoms with van der Waals surface area (Å²) in [5, 5.41) is 3.98. The maximum absolute atomic E-state index is 12.0. The molecule has 1 aromatic heterocycles. The van der Waals surface area contributed by atoms with Gasteiger partial charge in [-0.15, -0.1) is 0 Å². The monoisotopic (exact) mass is 278 g/mol. The molecule has 1 amide bonds. The molecule has 2 aromatic rings. The summed E-state index contributed by atoms with van der Waals surface area (Å²) in [6.45, 7) is 0. The second-order valence-electron chi connectivity index (χ2n) is 4.14. The zero-order valence-corrected chi connectivity index (χ0v) is 10.2. The van der Waals surface area contributed by atoms with Crippen LogP contribution in [0.1, 0.15) is 23.2 Å². The maximum atomic E-state index is 12.0. The van der Waals surface area contributed by atoms with E-state index < -0.39 is 0 Å². The molecule has 0 radical (unpaired) electrons. The van der Waals surface area contributed by atoms with Crippen LogP contribution in [-0.4, -0.2) is 16.9 Å². The van der Waals surface area contributed by atoms with Crippen molar-refractivity contribution in [2.75, 3.05) is 0 Å². The molecule has 1 saturated carbocycles. The van der Waals surface area contributed by atoms with Crippen molar-refractivity contribution in [3.8, 4) is 0 Å². The molecule has 1 fully saturated rings. The summed E-state index contributed by atoms with van der Waals surface area (Å²) in [6, 6.07) is 6.17. The SMILES string of the molecule is O=C(NC1CC1)c1cc(Br)cc2[nH]ccc12. The molecule has 1 heterocycles. The highest BCUT2D eigenvalue weighted by molar-refractivity contribution is 9.10. The van der Waals surface area contributed by atoms with Crippen LogP contribution in [0.4, 0.5) is 0 Å². The van der Waals surface area contributed by atoms with Crippen molar-refractivity contribution in [3.05, 3.63) is 34.4 Å². The van der Waals surface area contributed by atoms with Gasteiger partial charge in [-0.2, -0.15) is 0 Å². The lowest BCUT2D eigenvalue weighted by Crippen LogP contribution is -2.25. The van der Waals surface area contributed by atoms with Crippen LogP contribution < -0.4 is 5.32 Å². The number of benzene rings is 1. The Morgan fingerprint density at radius 3 is 3.00 bits per heavy atom. The smallest absolute Gasteiger partial charge is 0.252 e. The molecule has 0 atom stereocenters. The minimum absolute atomic E-state index is 0.0217. The van der Waals surface area contributed by atoms with Gasteiger partial charge in [0.15, 0.2) is 0 Å². The number of fused-ring (bicyclic) bond motifs is 1. The van der Waals surface area contributed by atoms with E-state index in [0.717, 1.165) is 33.8 Å². The third-order valence-corrected chi connectivity index (χ3v) is 3.25. The number of nitrogens with one attached hydrogen (secondary N) is 2. The number of H-pyrrole nitrogens is 1. The first-order chi connectivity index (χ1) is 7.74. The second kappa shape index (κ2) is 3.63. The third kappa shape index (κ3) is 1.73. The summed E-state index contributed by atoms with van der Waals surface area (Å²) >= 11 is 3.42. The number of aromatic amines is 1. The van der Waals surface area contributed by atoms with E-state index in [1.807, 2.05) is 24.4 Å². The lowest BCUT2D eigenvalue weighted by atomic mass is 10.1. The summed E-state index contributed by atoms with van der Waals surface area (Å²) < 4.78 is 0.920. The van der Waals surface area contributed by atoms with Crippen LogP contribution in [0, 0.1) is 0 Å². The van der Waals surface area contributed by atoms with Gasteiger partial charge >= 0.3 is 0 Å². The Morgan fingerprint density at radius 1 is 1.44 bits per heavy atom. The van der Waals surface area contributed by atoms with Gasteiger partial charge in [0.1, 0.15) is 0 Å². The summed E-state index contributed by atoms with van der Waals surface area (Å²) in [7, 11) is 0. The van der Waals surface area contributed by atoms with E-state index in [9.17, 15) is 4.79 Å². The van der Waals surface area contributed by atoms with Gasteiger partial charge in [-0.25, -0.2) is 0 Å². The predicted molar refractivity (Wildman–Crippen MR) is 66.5 cm³/mol. The van der Waals surface area contributed by atoms with E-state index in [4.69, 9.17) is 0 Å². The van der Waals surface area contributed by atoms with Gasteiger partial charge in [0.05, 0.1) is 0 Å². The molecule has 0 aliphatic heterocycles. The first kappa shape index (κ1) is 9.90. The molecule has 1 aliphatic carbocycles. The topological polar surface area (TPSA) is 44.9 Å². The van der Waals surface area contributed by atoms with Crippen molar-refractivity contribution < 1.29 is 4.79 Å². The summed E-state index contributed by atoms with van der Waals surface area (Å²) in [5.41, 5.74) is 1.72. The highest BCUT2D eigenvalue weighted by atomic mass is 79.9. The molecule has 1 aromatic carbocycles. The highest BCUT2D eigenvalue weighted by Gasteiger charge is 2.24. The van der Waals surface area contributed by atoms with Gasteiger partial charge in [0, 0.05) is 33.2 Å². The van der Waals surface area contributed by atoms with Crippen LogP contribution in [0.5, 0.6) is 0 Å². The van der Waals surface area contributed by atoms with Crippen molar-refractivity contribution in [1.29, 1.82) is 0 Å². The van der Waals surface area contributed by atoms with E-state index in [-0.39, 0.29) is 5.91 Å². The van der Waals surface area contributed by atoms with E-state index in [1.54, 1.807) is 0 Å². The molecule has 3 rings (SSSR count). The Hall–Kier alpha value is -1.29. The van der Waals surface area contributed by atoms with E-state index >= 15 is 0 Å². The quantitative estimate of drug-likeness (QED) is 0.872. The van der Waals surface area contributed by atoms with Gasteiger partial charge in [-0.05, 0) is 31.0 Å². The molecule has 82 valence electrons. The Morgan fingerprint density at radius 2 is 2.25 bits per heavy atom. The molecule has 0 unspecified atom stereocenters. The summed E-state index contributed by atoms with van der Waals surface area (Å²) in [4.78, 5) is 15.1. The fourth-order valence-corrected chi connectivity index (χ4v) is 2.27. The molecule has 1 aliphatic rings. The van der Waals surface area contributed by atoms with Crippen molar-refractivity contribution >= 4 is 32.7 Å². The molecule has 3 nitrogen and oxygen atoms in total. The highest BCUT2D eigenvalue weighted by Crippen LogP contribution is 2.25. The van der Waals surface area contributed by atoms with Crippen molar-refractivity contribution in [3.63, 3.8) is 0 Å². The minimum Gasteiger partial charge on any atom is -0.361 e. The number of hydrogen-bond donors (Lipinski definition) is 2. The lowest BCUT2D eigenvalue weighted by molar-refractivity contribution is 0.0952. The minimum atomic E-state index is 0.0217. The number of aromatic nitrogens is 1. The number of amides is 1. The molecule has 16 heavy (non-hydrogen) atoms. The third-order valence-electron chi connectivity index (χ3n) is 2.79. The fraction of sp³-hybridized carbons (Fsp3) is 0.250. The Balaban J connectivity index is 2.05. The Bertz CT molecular complexity index is 557. The normalized spacial score (nSPS) is 15.3. The van der Waals surface area contributed by atoms with Crippen LogP contribution in [0.25, 0.3) is 10.9 Å². The summed E-state index contributed by atoms with van der Waals surface area (Å²) in [6.07, 6.45) is 4.07. The van der Waals surface area contributed by atoms with Crippen molar-refractivity contribution in [1.82, 2.24) is 10.3 Å². The standard InChI is InChI=1S/C12H11BrN2O/c13-7-5-10(12(16)15-8-1-2-8)9-3-4-14-11(9)6-7/h3-6,8,14H,1-2H2,(H,15,16). The molecular formula is C12H11BrN2O. The summed E-state index contributed by atoms with van der Waals surface area (Å²) in [5.74, 6) is 0.0217. The van der Waals surface area contributed by atoms with Crippen LogP contribution in [0.2, 0.25) is 0 Å². The van der Waals surface area contributed by atoms with E-state index in [0.29, 0.717) is 6.04 Å². The number of rotatable bonds is 2. The predicted octanol–water partition coefficient (Wildman–Crippen LogP) is 2.82. The Kier molecular flexibility index (Phi) is 2.24.